The summed E-state index contributed by atoms with van der Waals surface area (Å²) in [6.45, 7) is 1.50. The van der Waals surface area contributed by atoms with Crippen molar-refractivity contribution < 1.29 is 14.0 Å². The number of hydrogen-bond acceptors (Lipinski definition) is 2. The zero-order chi connectivity index (χ0) is 9.68. The zero-order valence-corrected chi connectivity index (χ0v) is 7.21. The summed E-state index contributed by atoms with van der Waals surface area (Å²) in [6.07, 6.45) is 0. The van der Waals surface area contributed by atoms with Gasteiger partial charge < -0.3 is 0 Å². The highest BCUT2D eigenvalue weighted by molar-refractivity contribution is 5.71. The van der Waals surface area contributed by atoms with Crippen LogP contribution in [-0.2, 0) is 16.2 Å². The molecule has 0 heterocycles. The molecule has 0 unspecified atom stereocenters. The molecule has 1 aromatic carbocycles. The van der Waals surface area contributed by atoms with E-state index in [-0.39, 0.29) is 18.3 Å². The molecule has 0 aliphatic carbocycles. The molecule has 0 radical (unpaired) electrons. The van der Waals surface area contributed by atoms with Crippen LogP contribution in [0.1, 0.15) is 12.5 Å². The van der Waals surface area contributed by atoms with Crippen molar-refractivity contribution >= 4 is 5.91 Å². The molecule has 0 aliphatic heterocycles. The summed E-state index contributed by atoms with van der Waals surface area (Å²) < 4.78 is 12.6. The van der Waals surface area contributed by atoms with E-state index in [1.54, 1.807) is 12.1 Å². The van der Waals surface area contributed by atoms with Gasteiger partial charge in [0.1, 0.15) is 5.82 Å². The van der Waals surface area contributed by atoms with Crippen LogP contribution in [0.25, 0.3) is 0 Å². The second-order valence-electron chi connectivity index (χ2n) is 2.58. The number of amides is 1. The molecule has 70 valence electrons. The molecule has 0 bridgehead atoms. The largest absolute Gasteiger partial charge is 0.273 e. The van der Waals surface area contributed by atoms with E-state index in [2.05, 4.69) is 5.48 Å². The molecule has 0 saturated heterocycles. The van der Waals surface area contributed by atoms with E-state index >= 15 is 0 Å². The van der Waals surface area contributed by atoms with Gasteiger partial charge in [0, 0.05) is 6.92 Å². The quantitative estimate of drug-likeness (QED) is 0.719. The highest BCUT2D eigenvalue weighted by atomic mass is 19.1. The Bertz CT molecular complexity index is 301. The lowest BCUT2D eigenvalue weighted by Crippen LogP contribution is -2.19. The molecule has 3 nitrogen and oxygen atoms in total. The van der Waals surface area contributed by atoms with Crippen molar-refractivity contribution in [3.8, 4) is 0 Å². The molecular formula is C9H10FNO2. The molecule has 1 aromatic rings. The summed E-state index contributed by atoms with van der Waals surface area (Å²) in [5.74, 6) is -0.597. The number of hydroxylamine groups is 1. The van der Waals surface area contributed by atoms with Gasteiger partial charge in [-0.05, 0) is 17.7 Å². The molecule has 13 heavy (non-hydrogen) atoms. The minimum absolute atomic E-state index is 0.164. The Labute approximate surface area is 75.5 Å². The van der Waals surface area contributed by atoms with Gasteiger partial charge in [-0.1, -0.05) is 12.1 Å². The summed E-state index contributed by atoms with van der Waals surface area (Å²) in [5.41, 5.74) is 2.83. The lowest BCUT2D eigenvalue weighted by atomic mass is 10.2. The number of carbonyl (C=O) groups excluding carboxylic acids is 1. The molecule has 0 fully saturated rings. The predicted octanol–water partition coefficient (Wildman–Crippen LogP) is 1.39. The van der Waals surface area contributed by atoms with Crippen molar-refractivity contribution in [1.82, 2.24) is 5.48 Å². The van der Waals surface area contributed by atoms with Crippen LogP contribution in [-0.4, -0.2) is 5.91 Å². The summed E-state index contributed by atoms with van der Waals surface area (Å²) in [4.78, 5) is 15.2. The van der Waals surface area contributed by atoms with Crippen molar-refractivity contribution in [2.24, 2.45) is 0 Å². The van der Waals surface area contributed by atoms with Crippen LogP contribution in [0.4, 0.5) is 4.39 Å². The van der Waals surface area contributed by atoms with Gasteiger partial charge in [0.15, 0.2) is 0 Å². The third kappa shape index (κ3) is 3.66. The van der Waals surface area contributed by atoms with Gasteiger partial charge >= 0.3 is 0 Å². The van der Waals surface area contributed by atoms with E-state index in [1.165, 1.54) is 19.1 Å². The molecule has 1 amide bonds. The fraction of sp³-hybridized carbons (Fsp3) is 0.222. The molecule has 0 saturated carbocycles. The lowest BCUT2D eigenvalue weighted by molar-refractivity contribution is -0.132. The van der Waals surface area contributed by atoms with E-state index in [0.29, 0.717) is 5.56 Å². The molecular weight excluding hydrogens is 173 g/mol. The molecule has 0 atom stereocenters. The van der Waals surface area contributed by atoms with Crippen LogP contribution < -0.4 is 5.48 Å². The monoisotopic (exact) mass is 183 g/mol. The second-order valence-corrected chi connectivity index (χ2v) is 2.58. The highest BCUT2D eigenvalue weighted by Crippen LogP contribution is 2.03. The van der Waals surface area contributed by atoms with Crippen molar-refractivity contribution in [2.45, 2.75) is 13.5 Å². The van der Waals surface area contributed by atoms with Crippen molar-refractivity contribution in [1.29, 1.82) is 0 Å². The van der Waals surface area contributed by atoms with Gasteiger partial charge in [0.25, 0.3) is 0 Å². The van der Waals surface area contributed by atoms with Crippen molar-refractivity contribution in [2.75, 3.05) is 0 Å². The van der Waals surface area contributed by atoms with Crippen molar-refractivity contribution in [3.05, 3.63) is 35.6 Å². The van der Waals surface area contributed by atoms with Gasteiger partial charge in [-0.2, -0.15) is 0 Å². The standard InChI is InChI=1S/C9H10FNO2/c1-7(12)11-13-6-8-3-2-4-9(10)5-8/h2-5H,6H2,1H3,(H,11,12). The molecule has 0 aliphatic rings. The summed E-state index contributed by atoms with van der Waals surface area (Å²) in [6, 6.07) is 6.00. The zero-order valence-electron chi connectivity index (χ0n) is 7.21. The van der Waals surface area contributed by atoms with E-state index in [1.807, 2.05) is 0 Å². The minimum atomic E-state index is -0.316. The van der Waals surface area contributed by atoms with Gasteiger partial charge in [-0.25, -0.2) is 9.87 Å². The molecule has 1 rings (SSSR count). The summed E-state index contributed by atoms with van der Waals surface area (Å²) in [7, 11) is 0. The molecule has 0 spiro atoms. The van der Waals surface area contributed by atoms with E-state index in [0.717, 1.165) is 0 Å². The molecule has 0 aromatic heterocycles. The van der Waals surface area contributed by atoms with Gasteiger partial charge in [0.2, 0.25) is 5.91 Å². The topological polar surface area (TPSA) is 38.3 Å². The Kier molecular flexibility index (Phi) is 3.40. The fourth-order valence-electron chi connectivity index (χ4n) is 0.848. The maximum absolute atomic E-state index is 12.6. The first-order valence-electron chi connectivity index (χ1n) is 3.81. The second kappa shape index (κ2) is 4.57. The first kappa shape index (κ1) is 9.67. The highest BCUT2D eigenvalue weighted by Gasteiger charge is 1.95. The van der Waals surface area contributed by atoms with E-state index < -0.39 is 0 Å². The van der Waals surface area contributed by atoms with Crippen LogP contribution in [0.15, 0.2) is 24.3 Å². The van der Waals surface area contributed by atoms with Crippen LogP contribution in [0.5, 0.6) is 0 Å². The number of rotatable bonds is 3. The Morgan fingerprint density at radius 1 is 1.62 bits per heavy atom. The Morgan fingerprint density at radius 3 is 3.00 bits per heavy atom. The summed E-state index contributed by atoms with van der Waals surface area (Å²) >= 11 is 0. The van der Waals surface area contributed by atoms with Crippen molar-refractivity contribution in [3.63, 3.8) is 0 Å². The van der Waals surface area contributed by atoms with Gasteiger partial charge in [0.05, 0.1) is 6.61 Å². The first-order valence-corrected chi connectivity index (χ1v) is 3.81. The first-order chi connectivity index (χ1) is 6.18. The van der Waals surface area contributed by atoms with Crippen LogP contribution in [0.3, 0.4) is 0 Å². The van der Waals surface area contributed by atoms with Gasteiger partial charge in [-0.15, -0.1) is 0 Å². The Balaban J connectivity index is 2.41. The number of nitrogens with one attached hydrogen (secondary N) is 1. The summed E-state index contributed by atoms with van der Waals surface area (Å²) in [5, 5.41) is 0. The molecule has 1 N–H and O–H groups in total. The smallest absolute Gasteiger partial charge is 0.240 e. The maximum Gasteiger partial charge on any atom is 0.240 e. The van der Waals surface area contributed by atoms with Crippen LogP contribution >= 0.6 is 0 Å². The normalized spacial score (nSPS) is 9.69. The number of carbonyl (C=O) groups is 1. The average Bonchev–Trinajstić information content (AvgIpc) is 2.03. The lowest BCUT2D eigenvalue weighted by Gasteiger charge is -2.02. The third-order valence-electron chi connectivity index (χ3n) is 1.34. The SMILES string of the molecule is CC(=O)NOCc1cccc(F)c1. The average molecular weight is 183 g/mol. The third-order valence-corrected chi connectivity index (χ3v) is 1.34. The van der Waals surface area contributed by atoms with Crippen LogP contribution in [0, 0.1) is 5.82 Å². The maximum atomic E-state index is 12.6. The minimum Gasteiger partial charge on any atom is -0.273 e. The van der Waals surface area contributed by atoms with E-state index in [9.17, 15) is 9.18 Å². The number of benzene rings is 1. The van der Waals surface area contributed by atoms with E-state index in [4.69, 9.17) is 4.84 Å². The van der Waals surface area contributed by atoms with Crippen LogP contribution in [0.2, 0.25) is 0 Å². The molecule has 4 heteroatoms. The fourth-order valence-corrected chi connectivity index (χ4v) is 0.848. The Hall–Kier alpha value is -1.42. The van der Waals surface area contributed by atoms with Gasteiger partial charge in [-0.3, -0.25) is 9.63 Å². The Morgan fingerprint density at radius 2 is 2.38 bits per heavy atom. The predicted molar refractivity (Wildman–Crippen MR) is 45.0 cm³/mol. The number of halogens is 1. The number of hydrogen-bond donors (Lipinski definition) is 1.